The first-order valence-corrected chi connectivity index (χ1v) is 7.63. The summed E-state index contributed by atoms with van der Waals surface area (Å²) in [6.07, 6.45) is 0. The molecule has 0 atom stereocenters. The number of benzene rings is 3. The quantitative estimate of drug-likeness (QED) is 0.397. The number of aromatic nitrogens is 1. The van der Waals surface area contributed by atoms with Crippen LogP contribution in [0.3, 0.4) is 0 Å². The first-order chi connectivity index (χ1) is 12.2. The van der Waals surface area contributed by atoms with E-state index in [1.807, 2.05) is 30.3 Å². The van der Waals surface area contributed by atoms with E-state index >= 15 is 0 Å². The second-order valence-electron chi connectivity index (χ2n) is 5.38. The van der Waals surface area contributed by atoms with E-state index in [1.165, 1.54) is 18.2 Å². The van der Waals surface area contributed by atoms with Gasteiger partial charge in [-0.3, -0.25) is 0 Å². The van der Waals surface area contributed by atoms with Crippen molar-refractivity contribution in [2.24, 2.45) is 0 Å². The maximum Gasteiger partial charge on any atom is 0.346 e. The average molecular weight is 333 g/mol. The molecule has 0 aliphatic heterocycles. The van der Waals surface area contributed by atoms with Crippen LogP contribution >= 0.6 is 0 Å². The fraction of sp³-hybridized carbons (Fsp3) is 0. The monoisotopic (exact) mass is 333 g/mol. The Morgan fingerprint density at radius 2 is 1.72 bits per heavy atom. The number of carbonyl (C=O) groups excluding carboxylic acids is 1. The molecule has 3 aromatic carbocycles. The van der Waals surface area contributed by atoms with Gasteiger partial charge < -0.3 is 9.15 Å². The van der Waals surface area contributed by atoms with Gasteiger partial charge in [-0.2, -0.15) is 0 Å². The highest BCUT2D eigenvalue weighted by Gasteiger charge is 2.15. The zero-order chi connectivity index (χ0) is 17.2. The Labute approximate surface area is 142 Å². The van der Waals surface area contributed by atoms with E-state index in [1.54, 1.807) is 24.3 Å². The van der Waals surface area contributed by atoms with Crippen LogP contribution in [0.2, 0.25) is 0 Å². The molecule has 0 aliphatic rings. The van der Waals surface area contributed by atoms with E-state index in [-0.39, 0.29) is 11.3 Å². The molecule has 0 bridgehead atoms. The molecule has 25 heavy (non-hydrogen) atoms. The molecule has 0 saturated carbocycles. The molecule has 0 radical (unpaired) electrons. The number of fused-ring (bicyclic) bond motifs is 1. The molecule has 1 heterocycles. The smallest absolute Gasteiger partial charge is 0.346 e. The van der Waals surface area contributed by atoms with Crippen LogP contribution in [0.15, 0.2) is 77.2 Å². The number of halogens is 1. The Hall–Kier alpha value is -3.47. The van der Waals surface area contributed by atoms with Gasteiger partial charge in [-0.1, -0.05) is 30.3 Å². The third-order valence-corrected chi connectivity index (χ3v) is 3.68. The molecule has 0 aliphatic carbocycles. The van der Waals surface area contributed by atoms with Gasteiger partial charge in [-0.15, -0.1) is 0 Å². The van der Waals surface area contributed by atoms with Crippen molar-refractivity contribution >= 4 is 17.1 Å². The average Bonchev–Trinajstić information content (AvgIpc) is 3.06. The Kier molecular flexibility index (Phi) is 3.74. The van der Waals surface area contributed by atoms with Crippen molar-refractivity contribution in [1.29, 1.82) is 0 Å². The molecular weight excluding hydrogens is 321 g/mol. The summed E-state index contributed by atoms with van der Waals surface area (Å²) in [5.41, 5.74) is 1.86. The topological polar surface area (TPSA) is 52.3 Å². The van der Waals surface area contributed by atoms with E-state index in [0.29, 0.717) is 17.0 Å². The summed E-state index contributed by atoms with van der Waals surface area (Å²) in [5, 5.41) is 0. The molecule has 5 heteroatoms. The SMILES string of the molecule is O=C(Oc1ccc2nc(-c3ccccc3)oc2c1)c1ccccc1F. The summed E-state index contributed by atoms with van der Waals surface area (Å²) in [7, 11) is 0. The molecule has 0 fully saturated rings. The number of esters is 1. The summed E-state index contributed by atoms with van der Waals surface area (Å²) < 4.78 is 24.6. The van der Waals surface area contributed by atoms with Gasteiger partial charge in [0.1, 0.15) is 17.1 Å². The van der Waals surface area contributed by atoms with E-state index in [4.69, 9.17) is 9.15 Å². The van der Waals surface area contributed by atoms with Gasteiger partial charge in [-0.25, -0.2) is 14.2 Å². The lowest BCUT2D eigenvalue weighted by Crippen LogP contribution is -2.10. The highest BCUT2D eigenvalue weighted by atomic mass is 19.1. The number of hydrogen-bond donors (Lipinski definition) is 0. The summed E-state index contributed by atoms with van der Waals surface area (Å²) in [4.78, 5) is 16.5. The number of carbonyl (C=O) groups is 1. The molecule has 4 aromatic rings. The first kappa shape index (κ1) is 15.1. The van der Waals surface area contributed by atoms with Crippen molar-refractivity contribution in [3.8, 4) is 17.2 Å². The zero-order valence-electron chi connectivity index (χ0n) is 13.0. The van der Waals surface area contributed by atoms with Crippen LogP contribution in [-0.2, 0) is 0 Å². The maximum absolute atomic E-state index is 13.7. The first-order valence-electron chi connectivity index (χ1n) is 7.63. The zero-order valence-corrected chi connectivity index (χ0v) is 13.0. The van der Waals surface area contributed by atoms with Crippen LogP contribution in [0.25, 0.3) is 22.6 Å². The molecule has 0 amide bonds. The van der Waals surface area contributed by atoms with E-state index in [0.717, 1.165) is 5.56 Å². The van der Waals surface area contributed by atoms with E-state index in [2.05, 4.69) is 4.98 Å². The van der Waals surface area contributed by atoms with Crippen molar-refractivity contribution in [1.82, 2.24) is 4.98 Å². The Bertz CT molecular complexity index is 1060. The lowest BCUT2D eigenvalue weighted by atomic mass is 10.2. The fourth-order valence-electron chi connectivity index (χ4n) is 2.46. The largest absolute Gasteiger partial charge is 0.436 e. The Morgan fingerprint density at radius 1 is 0.960 bits per heavy atom. The third-order valence-electron chi connectivity index (χ3n) is 3.68. The van der Waals surface area contributed by atoms with E-state index in [9.17, 15) is 9.18 Å². The van der Waals surface area contributed by atoms with Crippen molar-refractivity contribution in [3.63, 3.8) is 0 Å². The second-order valence-corrected chi connectivity index (χ2v) is 5.38. The molecule has 0 N–H and O–H groups in total. The fourth-order valence-corrected chi connectivity index (χ4v) is 2.46. The molecule has 4 nitrogen and oxygen atoms in total. The summed E-state index contributed by atoms with van der Waals surface area (Å²) in [6.45, 7) is 0. The second kappa shape index (κ2) is 6.20. The standard InChI is InChI=1S/C20H12FNO3/c21-16-9-5-4-8-15(16)20(23)24-14-10-11-17-18(12-14)25-19(22-17)13-6-2-1-3-7-13/h1-12H. The van der Waals surface area contributed by atoms with Gasteiger partial charge in [0.25, 0.3) is 0 Å². The maximum atomic E-state index is 13.7. The molecule has 0 saturated heterocycles. The van der Waals surface area contributed by atoms with Crippen LogP contribution in [0, 0.1) is 5.82 Å². The molecule has 122 valence electrons. The molecule has 0 spiro atoms. The van der Waals surface area contributed by atoms with Gasteiger partial charge in [0.05, 0.1) is 5.56 Å². The lowest BCUT2D eigenvalue weighted by Gasteiger charge is -2.04. The highest BCUT2D eigenvalue weighted by molar-refractivity contribution is 5.91. The summed E-state index contributed by atoms with van der Waals surface area (Å²) in [5.74, 6) is -0.649. The van der Waals surface area contributed by atoms with Crippen molar-refractivity contribution in [2.75, 3.05) is 0 Å². The Morgan fingerprint density at radius 3 is 2.52 bits per heavy atom. The lowest BCUT2D eigenvalue weighted by molar-refractivity contribution is 0.0730. The number of nitrogens with zero attached hydrogens (tertiary/aromatic N) is 1. The van der Waals surface area contributed by atoms with Gasteiger partial charge in [0.2, 0.25) is 5.89 Å². The van der Waals surface area contributed by atoms with Crippen LogP contribution < -0.4 is 4.74 Å². The molecule has 1 aromatic heterocycles. The highest BCUT2D eigenvalue weighted by Crippen LogP contribution is 2.27. The minimum atomic E-state index is -0.764. The number of rotatable bonds is 3. The van der Waals surface area contributed by atoms with Gasteiger partial charge in [0.15, 0.2) is 5.58 Å². The van der Waals surface area contributed by atoms with Crippen molar-refractivity contribution in [2.45, 2.75) is 0 Å². The Balaban J connectivity index is 1.63. The predicted octanol–water partition coefficient (Wildman–Crippen LogP) is 4.85. The minimum absolute atomic E-state index is 0.120. The third kappa shape index (κ3) is 2.99. The minimum Gasteiger partial charge on any atom is -0.436 e. The van der Waals surface area contributed by atoms with E-state index < -0.39 is 11.8 Å². The van der Waals surface area contributed by atoms with Crippen LogP contribution in [0.1, 0.15) is 10.4 Å². The molecule has 4 rings (SSSR count). The van der Waals surface area contributed by atoms with Gasteiger partial charge in [0, 0.05) is 11.6 Å². The van der Waals surface area contributed by atoms with Gasteiger partial charge in [-0.05, 0) is 36.4 Å². The number of hydrogen-bond acceptors (Lipinski definition) is 4. The van der Waals surface area contributed by atoms with Crippen LogP contribution in [0.5, 0.6) is 5.75 Å². The normalized spacial score (nSPS) is 10.8. The van der Waals surface area contributed by atoms with Crippen LogP contribution in [0.4, 0.5) is 4.39 Å². The predicted molar refractivity (Wildman–Crippen MR) is 90.8 cm³/mol. The summed E-state index contributed by atoms with van der Waals surface area (Å²) >= 11 is 0. The molecule has 0 unspecified atom stereocenters. The number of ether oxygens (including phenoxy) is 1. The van der Waals surface area contributed by atoms with Crippen molar-refractivity contribution in [3.05, 3.63) is 84.2 Å². The van der Waals surface area contributed by atoms with Gasteiger partial charge >= 0.3 is 5.97 Å². The van der Waals surface area contributed by atoms with Crippen molar-refractivity contribution < 1.29 is 18.3 Å². The van der Waals surface area contributed by atoms with Crippen LogP contribution in [-0.4, -0.2) is 11.0 Å². The number of oxazole rings is 1. The molecular formula is C20H12FNO3. The summed E-state index contributed by atoms with van der Waals surface area (Å²) in [6, 6.07) is 20.0.